The second kappa shape index (κ2) is 6.01. The van der Waals surface area contributed by atoms with Crippen LogP contribution in [0.1, 0.15) is 0 Å². The van der Waals surface area contributed by atoms with Crippen LogP contribution in [0.5, 0.6) is 5.75 Å². The van der Waals surface area contributed by atoms with Crippen LogP contribution in [0.2, 0.25) is 0 Å². The molecule has 3 aromatic carbocycles. The third-order valence-electron chi connectivity index (χ3n) is 3.11. The maximum atomic E-state index is 9.26. The average Bonchev–Trinajstić information content (AvgIpc) is 2.55. The molecule has 0 amide bonds. The van der Waals surface area contributed by atoms with Crippen molar-refractivity contribution in [1.29, 1.82) is 0 Å². The van der Waals surface area contributed by atoms with Gasteiger partial charge in [-0.05, 0) is 35.9 Å². The molecule has 0 bridgehead atoms. The standard InChI is InChI=1S/C18H14N2O/c21-16-12-10-15(11-13-16)19-20-18-9-5-4-8-17(18)14-6-2-1-3-7-14/h1-13,21H. The Kier molecular flexibility index (Phi) is 3.74. The second-order valence-electron chi connectivity index (χ2n) is 4.60. The maximum absolute atomic E-state index is 9.26. The lowest BCUT2D eigenvalue weighted by Crippen LogP contribution is -1.77. The molecular weight excluding hydrogens is 260 g/mol. The van der Waals surface area contributed by atoms with E-state index in [4.69, 9.17) is 0 Å². The number of phenolic OH excluding ortho intramolecular Hbond substituents is 1. The van der Waals surface area contributed by atoms with E-state index < -0.39 is 0 Å². The topological polar surface area (TPSA) is 45.0 Å². The second-order valence-corrected chi connectivity index (χ2v) is 4.60. The summed E-state index contributed by atoms with van der Waals surface area (Å²) in [5.41, 5.74) is 3.67. The minimum atomic E-state index is 0.221. The van der Waals surface area contributed by atoms with Crippen molar-refractivity contribution in [2.24, 2.45) is 10.2 Å². The molecule has 0 radical (unpaired) electrons. The molecule has 0 atom stereocenters. The van der Waals surface area contributed by atoms with Gasteiger partial charge in [0.05, 0.1) is 11.4 Å². The van der Waals surface area contributed by atoms with E-state index >= 15 is 0 Å². The number of hydrogen-bond donors (Lipinski definition) is 1. The predicted molar refractivity (Wildman–Crippen MR) is 84.2 cm³/mol. The van der Waals surface area contributed by atoms with Crippen LogP contribution in [0.15, 0.2) is 89.1 Å². The number of hydrogen-bond acceptors (Lipinski definition) is 3. The number of aromatic hydroxyl groups is 1. The molecule has 1 N–H and O–H groups in total. The highest BCUT2D eigenvalue weighted by Crippen LogP contribution is 2.31. The summed E-state index contributed by atoms with van der Waals surface area (Å²) in [4.78, 5) is 0. The number of nitrogens with zero attached hydrogens (tertiary/aromatic N) is 2. The average molecular weight is 274 g/mol. The SMILES string of the molecule is Oc1ccc(N=Nc2ccccc2-c2ccccc2)cc1. The van der Waals surface area contributed by atoms with Gasteiger partial charge >= 0.3 is 0 Å². The van der Waals surface area contributed by atoms with Gasteiger partial charge in [-0.25, -0.2) is 0 Å². The zero-order valence-corrected chi connectivity index (χ0v) is 11.3. The normalized spacial score (nSPS) is 10.9. The van der Waals surface area contributed by atoms with Crippen LogP contribution in [-0.2, 0) is 0 Å². The first-order valence-corrected chi connectivity index (χ1v) is 6.68. The molecule has 21 heavy (non-hydrogen) atoms. The van der Waals surface area contributed by atoms with Crippen LogP contribution in [0.25, 0.3) is 11.1 Å². The van der Waals surface area contributed by atoms with Crippen LogP contribution >= 0.6 is 0 Å². The van der Waals surface area contributed by atoms with Crippen molar-refractivity contribution in [3.05, 3.63) is 78.9 Å². The molecule has 3 nitrogen and oxygen atoms in total. The molecule has 0 heterocycles. The molecule has 0 saturated carbocycles. The van der Waals surface area contributed by atoms with Crippen LogP contribution in [0, 0.1) is 0 Å². The smallest absolute Gasteiger partial charge is 0.115 e. The minimum absolute atomic E-state index is 0.221. The summed E-state index contributed by atoms with van der Waals surface area (Å²) in [5.74, 6) is 0.221. The number of rotatable bonds is 3. The highest BCUT2D eigenvalue weighted by Gasteiger charge is 2.02. The fraction of sp³-hybridized carbons (Fsp3) is 0. The molecule has 0 spiro atoms. The van der Waals surface area contributed by atoms with Gasteiger partial charge in [0.2, 0.25) is 0 Å². The van der Waals surface area contributed by atoms with E-state index in [0.29, 0.717) is 5.69 Å². The van der Waals surface area contributed by atoms with E-state index in [1.165, 1.54) is 0 Å². The quantitative estimate of drug-likeness (QED) is 0.632. The molecule has 3 heteroatoms. The van der Waals surface area contributed by atoms with Gasteiger partial charge in [-0.3, -0.25) is 0 Å². The Labute approximate surface area is 123 Å². The van der Waals surface area contributed by atoms with Crippen molar-refractivity contribution in [3.63, 3.8) is 0 Å². The van der Waals surface area contributed by atoms with Gasteiger partial charge in [0.25, 0.3) is 0 Å². The van der Waals surface area contributed by atoms with Crippen LogP contribution in [0.4, 0.5) is 11.4 Å². The summed E-state index contributed by atoms with van der Waals surface area (Å²) < 4.78 is 0. The molecule has 0 aliphatic carbocycles. The van der Waals surface area contributed by atoms with E-state index in [2.05, 4.69) is 22.4 Å². The first-order chi connectivity index (χ1) is 10.3. The van der Waals surface area contributed by atoms with Gasteiger partial charge in [-0.15, -0.1) is 5.11 Å². The van der Waals surface area contributed by atoms with Gasteiger partial charge in [-0.1, -0.05) is 48.5 Å². The van der Waals surface area contributed by atoms with E-state index in [1.807, 2.05) is 42.5 Å². The fourth-order valence-corrected chi connectivity index (χ4v) is 2.05. The Morgan fingerprint density at radius 2 is 1.29 bits per heavy atom. The maximum Gasteiger partial charge on any atom is 0.115 e. The molecule has 0 aromatic heterocycles. The number of phenols is 1. The lowest BCUT2D eigenvalue weighted by atomic mass is 10.0. The van der Waals surface area contributed by atoms with Gasteiger partial charge in [0.15, 0.2) is 0 Å². The monoisotopic (exact) mass is 274 g/mol. The first-order valence-electron chi connectivity index (χ1n) is 6.68. The van der Waals surface area contributed by atoms with Crippen molar-refractivity contribution >= 4 is 11.4 Å². The molecular formula is C18H14N2O. The van der Waals surface area contributed by atoms with E-state index in [0.717, 1.165) is 16.8 Å². The van der Waals surface area contributed by atoms with Crippen molar-refractivity contribution in [3.8, 4) is 16.9 Å². The molecule has 0 unspecified atom stereocenters. The van der Waals surface area contributed by atoms with E-state index in [1.54, 1.807) is 24.3 Å². The molecule has 3 aromatic rings. The Hall–Kier alpha value is -2.94. The van der Waals surface area contributed by atoms with Crippen LogP contribution in [-0.4, -0.2) is 5.11 Å². The summed E-state index contributed by atoms with van der Waals surface area (Å²) in [5, 5.41) is 17.8. The molecule has 0 aliphatic heterocycles. The molecule has 102 valence electrons. The largest absolute Gasteiger partial charge is 0.508 e. The van der Waals surface area contributed by atoms with Crippen molar-refractivity contribution in [2.75, 3.05) is 0 Å². The lowest BCUT2D eigenvalue weighted by Gasteiger charge is -2.04. The lowest BCUT2D eigenvalue weighted by molar-refractivity contribution is 0.475. The minimum Gasteiger partial charge on any atom is -0.508 e. The summed E-state index contributed by atoms with van der Waals surface area (Å²) in [6, 6.07) is 24.6. The highest BCUT2D eigenvalue weighted by atomic mass is 16.3. The third kappa shape index (κ3) is 3.15. The van der Waals surface area contributed by atoms with Gasteiger partial charge in [0, 0.05) is 5.56 Å². The van der Waals surface area contributed by atoms with Crippen molar-refractivity contribution in [2.45, 2.75) is 0 Å². The summed E-state index contributed by atoms with van der Waals surface area (Å²) in [6.07, 6.45) is 0. The number of benzene rings is 3. The molecule has 3 rings (SSSR count). The van der Waals surface area contributed by atoms with E-state index in [-0.39, 0.29) is 5.75 Å². The van der Waals surface area contributed by atoms with Crippen molar-refractivity contribution < 1.29 is 5.11 Å². The summed E-state index contributed by atoms with van der Waals surface area (Å²) in [7, 11) is 0. The zero-order chi connectivity index (χ0) is 14.5. The molecule has 0 fully saturated rings. The van der Waals surface area contributed by atoms with E-state index in [9.17, 15) is 5.11 Å². The summed E-state index contributed by atoms with van der Waals surface area (Å²) in [6.45, 7) is 0. The number of azo groups is 1. The Bertz CT molecular complexity index is 750. The third-order valence-corrected chi connectivity index (χ3v) is 3.11. The van der Waals surface area contributed by atoms with Gasteiger partial charge in [-0.2, -0.15) is 5.11 Å². The zero-order valence-electron chi connectivity index (χ0n) is 11.3. The molecule has 0 aliphatic rings. The Morgan fingerprint density at radius 1 is 0.619 bits per heavy atom. The van der Waals surface area contributed by atoms with Gasteiger partial charge < -0.3 is 5.11 Å². The fourth-order valence-electron chi connectivity index (χ4n) is 2.05. The van der Waals surface area contributed by atoms with Crippen molar-refractivity contribution in [1.82, 2.24) is 0 Å². The summed E-state index contributed by atoms with van der Waals surface area (Å²) >= 11 is 0. The van der Waals surface area contributed by atoms with Gasteiger partial charge in [0.1, 0.15) is 5.75 Å². The Balaban J connectivity index is 1.94. The first kappa shape index (κ1) is 13.1. The van der Waals surface area contributed by atoms with Crippen LogP contribution in [0.3, 0.4) is 0 Å². The highest BCUT2D eigenvalue weighted by molar-refractivity contribution is 5.75. The predicted octanol–water partition coefficient (Wildman–Crippen LogP) is 5.47. The molecule has 0 saturated heterocycles. The van der Waals surface area contributed by atoms with Crippen LogP contribution < -0.4 is 0 Å². The Morgan fingerprint density at radius 3 is 2.05 bits per heavy atom.